The molecule has 0 saturated carbocycles. The molecule has 0 bridgehead atoms. The van der Waals surface area contributed by atoms with Crippen molar-refractivity contribution in [3.8, 4) is 0 Å². The van der Waals surface area contributed by atoms with Crippen molar-refractivity contribution in [2.24, 2.45) is 0 Å². The van der Waals surface area contributed by atoms with E-state index in [1.165, 1.54) is 32.7 Å². The Balaban J connectivity index is 0.000000204. The summed E-state index contributed by atoms with van der Waals surface area (Å²) in [6.07, 6.45) is 0. The van der Waals surface area contributed by atoms with Crippen molar-refractivity contribution in [2.75, 3.05) is 0 Å². The summed E-state index contributed by atoms with van der Waals surface area (Å²) >= 11 is 10.9. The van der Waals surface area contributed by atoms with Crippen molar-refractivity contribution < 1.29 is 21.7 Å². The van der Waals surface area contributed by atoms with Gasteiger partial charge in [-0.25, -0.2) is 0 Å². The zero-order valence-electron chi connectivity index (χ0n) is 15.7. The van der Waals surface area contributed by atoms with Gasteiger partial charge in [0, 0.05) is 0 Å². The molecule has 0 fully saturated rings. The van der Waals surface area contributed by atoms with Crippen LogP contribution in [0.5, 0.6) is 0 Å². The van der Waals surface area contributed by atoms with Gasteiger partial charge in [0.2, 0.25) is 6.69 Å². The average molecular weight is 435 g/mol. The summed E-state index contributed by atoms with van der Waals surface area (Å²) in [4.78, 5) is 0. The number of rotatable bonds is 0. The maximum Gasteiger partial charge on any atom is 2.00 e. The summed E-state index contributed by atoms with van der Waals surface area (Å²) in [7, 11) is 0. The monoisotopic (exact) mass is 434 g/mol. The molecule has 4 rings (SSSR count). The van der Waals surface area contributed by atoms with Crippen LogP contribution in [0.4, 0.5) is 0 Å². The van der Waals surface area contributed by atoms with Crippen molar-refractivity contribution in [3.05, 3.63) is 83.9 Å². The minimum absolute atomic E-state index is 0. The zero-order valence-corrected chi connectivity index (χ0v) is 19.8. The van der Waals surface area contributed by atoms with Gasteiger partial charge in [0.25, 0.3) is 0 Å². The Bertz CT molecular complexity index is 788. The van der Waals surface area contributed by atoms with Crippen LogP contribution in [-0.2, 0) is 21.7 Å². The first-order valence-electron chi connectivity index (χ1n) is 8.34. The maximum absolute atomic E-state index is 5.43. The molecule has 134 valence electrons. The fraction of sp³-hybridized carbons (Fsp3) is 0.182. The Morgan fingerprint density at radius 2 is 1.00 bits per heavy atom. The van der Waals surface area contributed by atoms with Crippen LogP contribution in [0.3, 0.4) is 0 Å². The first-order chi connectivity index (χ1) is 11.7. The fourth-order valence-corrected chi connectivity index (χ4v) is 2.61. The Hall–Kier alpha value is -0.829. The van der Waals surface area contributed by atoms with Gasteiger partial charge in [-0.15, -0.1) is 103 Å². The average Bonchev–Trinajstić information content (AvgIpc) is 3.06. The second kappa shape index (κ2) is 10.5. The van der Waals surface area contributed by atoms with E-state index in [0.29, 0.717) is 0 Å². The van der Waals surface area contributed by atoms with E-state index in [0.717, 1.165) is 0 Å². The summed E-state index contributed by atoms with van der Waals surface area (Å²) in [5.74, 6) is 0. The molecule has 0 nitrogen and oxygen atoms in total. The minimum Gasteiger partial charge on any atom is -0.165 e. The van der Waals surface area contributed by atoms with Gasteiger partial charge >= 0.3 is 21.7 Å². The van der Waals surface area contributed by atoms with Gasteiger partial charge in [-0.1, -0.05) is 26.0 Å². The number of hydrogen-bond donors (Lipinski definition) is 0. The van der Waals surface area contributed by atoms with Gasteiger partial charge in [0.1, 0.15) is 0 Å². The standard InChI is InChI=1S/2C10H9.C2H6Cl2Si.Ti/c2*1-8-6-9-4-2-3-5-10(9)7-8;1-5(2,3)4;/h2*2-7H,1H3;1-2H3;/q2*-1;;+2. The van der Waals surface area contributed by atoms with Gasteiger partial charge in [0.15, 0.2) is 0 Å². The van der Waals surface area contributed by atoms with E-state index in [-0.39, 0.29) is 21.7 Å². The predicted molar refractivity (Wildman–Crippen MR) is 118 cm³/mol. The SMILES string of the molecule is C[Si](C)(Cl)Cl.Cc1cc2ccccc2[cH-]1.Cc1cc2ccccc2[cH-]1.[Ti+2]. The number of hydrogen-bond acceptors (Lipinski definition) is 0. The fourth-order valence-electron chi connectivity index (χ4n) is 2.61. The van der Waals surface area contributed by atoms with Crippen molar-refractivity contribution in [3.63, 3.8) is 0 Å². The van der Waals surface area contributed by atoms with Crippen LogP contribution in [0.1, 0.15) is 11.1 Å². The molecule has 0 aliphatic heterocycles. The molecule has 4 aromatic carbocycles. The third kappa shape index (κ3) is 8.24. The molecular formula is C22H24Cl2SiTi. The van der Waals surface area contributed by atoms with E-state index in [4.69, 9.17) is 22.2 Å². The third-order valence-corrected chi connectivity index (χ3v) is 3.52. The minimum atomic E-state index is -1.67. The topological polar surface area (TPSA) is 0 Å². The van der Waals surface area contributed by atoms with E-state index in [1.54, 1.807) is 0 Å². The van der Waals surface area contributed by atoms with Crippen molar-refractivity contribution in [2.45, 2.75) is 26.9 Å². The largest absolute Gasteiger partial charge is 2.00 e. The van der Waals surface area contributed by atoms with E-state index in [9.17, 15) is 0 Å². The number of aryl methyl sites for hydroxylation is 2. The van der Waals surface area contributed by atoms with Crippen LogP contribution in [0.15, 0.2) is 72.8 Å². The Morgan fingerprint density at radius 3 is 1.31 bits per heavy atom. The van der Waals surface area contributed by atoms with Crippen LogP contribution >= 0.6 is 22.2 Å². The smallest absolute Gasteiger partial charge is 0.165 e. The summed E-state index contributed by atoms with van der Waals surface area (Å²) in [5.41, 5.74) is 2.70. The number of halogens is 2. The molecule has 0 aliphatic carbocycles. The normalized spacial score (nSPS) is 10.4. The van der Waals surface area contributed by atoms with Crippen LogP contribution in [-0.4, -0.2) is 6.69 Å². The molecule has 0 amide bonds. The van der Waals surface area contributed by atoms with E-state index in [2.05, 4.69) is 86.6 Å². The maximum atomic E-state index is 5.43. The molecule has 0 aliphatic rings. The molecule has 0 aromatic heterocycles. The van der Waals surface area contributed by atoms with Crippen molar-refractivity contribution in [1.29, 1.82) is 0 Å². The van der Waals surface area contributed by atoms with Gasteiger partial charge in [0.05, 0.1) is 0 Å². The second-order valence-corrected chi connectivity index (χ2v) is 15.6. The quantitative estimate of drug-likeness (QED) is 0.150. The molecule has 0 unspecified atom stereocenters. The molecule has 0 atom stereocenters. The van der Waals surface area contributed by atoms with Gasteiger partial charge in [-0.2, -0.15) is 12.1 Å². The number of benzene rings is 2. The molecule has 0 radical (unpaired) electrons. The summed E-state index contributed by atoms with van der Waals surface area (Å²) in [6.45, 7) is 6.30. The Labute approximate surface area is 182 Å². The van der Waals surface area contributed by atoms with Crippen LogP contribution in [0.25, 0.3) is 21.5 Å². The Kier molecular flexibility index (Phi) is 9.37. The second-order valence-electron chi connectivity index (χ2n) is 6.65. The van der Waals surface area contributed by atoms with Crippen molar-refractivity contribution in [1.82, 2.24) is 0 Å². The third-order valence-electron chi connectivity index (χ3n) is 3.52. The molecular weight excluding hydrogens is 411 g/mol. The first-order valence-corrected chi connectivity index (χ1v) is 13.4. The number of fused-ring (bicyclic) bond motifs is 2. The molecule has 0 saturated heterocycles. The van der Waals surface area contributed by atoms with Gasteiger partial charge < -0.3 is 0 Å². The Morgan fingerprint density at radius 1 is 0.692 bits per heavy atom. The molecule has 0 spiro atoms. The molecule has 4 heteroatoms. The van der Waals surface area contributed by atoms with Gasteiger partial charge in [-0.05, 0) is 13.1 Å². The van der Waals surface area contributed by atoms with E-state index >= 15 is 0 Å². The molecule has 26 heavy (non-hydrogen) atoms. The first kappa shape index (κ1) is 23.2. The van der Waals surface area contributed by atoms with Crippen LogP contribution in [0, 0.1) is 13.8 Å². The van der Waals surface area contributed by atoms with Gasteiger partial charge in [-0.3, -0.25) is 0 Å². The molecule has 0 N–H and O–H groups in total. The van der Waals surface area contributed by atoms with Crippen molar-refractivity contribution >= 4 is 50.4 Å². The van der Waals surface area contributed by atoms with Crippen LogP contribution in [0.2, 0.25) is 13.1 Å². The summed E-state index contributed by atoms with van der Waals surface area (Å²) in [6, 6.07) is 25.7. The summed E-state index contributed by atoms with van der Waals surface area (Å²) < 4.78 is 0. The van der Waals surface area contributed by atoms with E-state index in [1.807, 2.05) is 13.1 Å². The molecule has 4 aromatic rings. The van der Waals surface area contributed by atoms with E-state index < -0.39 is 6.69 Å². The van der Waals surface area contributed by atoms with Crippen LogP contribution < -0.4 is 0 Å². The zero-order chi connectivity index (χ0) is 18.4. The summed E-state index contributed by atoms with van der Waals surface area (Å²) in [5, 5.41) is 5.39. The molecule has 0 heterocycles. The predicted octanol–water partition coefficient (Wildman–Crippen LogP) is 7.90.